The van der Waals surface area contributed by atoms with Crippen molar-refractivity contribution in [1.29, 1.82) is 0 Å². The fourth-order valence-electron chi connectivity index (χ4n) is 3.68. The Morgan fingerprint density at radius 2 is 2.14 bits per heavy atom. The predicted octanol–water partition coefficient (Wildman–Crippen LogP) is 2.48. The number of halogens is 3. The number of benzene rings is 1. The maximum atomic E-state index is 13.2. The first-order valence-corrected chi connectivity index (χ1v) is 12.4. The quantitative estimate of drug-likeness (QED) is 0.124. The highest BCUT2D eigenvalue weighted by molar-refractivity contribution is 7.96. The van der Waals surface area contributed by atoms with Gasteiger partial charge in [0.25, 0.3) is 5.91 Å². The fraction of sp³-hybridized carbons (Fsp3) is 0.435. The lowest BCUT2D eigenvalue weighted by atomic mass is 9.97. The molecule has 1 aliphatic heterocycles. The summed E-state index contributed by atoms with van der Waals surface area (Å²) in [6.45, 7) is 2.44. The molecule has 2 aromatic rings. The lowest BCUT2D eigenvalue weighted by Gasteiger charge is -2.28. The number of alkyl halides is 3. The SMILES string of the molecule is COc1cc2c(cc1C(=O)Nc1cccc(/C(=N/N)N(N)C(C)CO)n1)CN(SCCC(F)(F)F)CC2. The zero-order chi connectivity index (χ0) is 27.2. The zero-order valence-electron chi connectivity index (χ0n) is 20.5. The van der Waals surface area contributed by atoms with Gasteiger partial charge >= 0.3 is 6.18 Å². The molecule has 1 aliphatic rings. The van der Waals surface area contributed by atoms with Crippen LogP contribution in [0.4, 0.5) is 19.0 Å². The molecule has 1 amide bonds. The van der Waals surface area contributed by atoms with E-state index in [-0.39, 0.29) is 35.3 Å². The van der Waals surface area contributed by atoms with Crippen molar-refractivity contribution in [3.63, 3.8) is 0 Å². The number of aromatic nitrogens is 1. The summed E-state index contributed by atoms with van der Waals surface area (Å²) in [5, 5.41) is 16.9. The number of nitrogens with two attached hydrogens (primary N) is 2. The smallest absolute Gasteiger partial charge is 0.389 e. The number of amidine groups is 1. The maximum absolute atomic E-state index is 13.2. The van der Waals surface area contributed by atoms with E-state index in [4.69, 9.17) is 16.4 Å². The molecule has 1 aromatic carbocycles. The van der Waals surface area contributed by atoms with E-state index >= 15 is 0 Å². The molecule has 202 valence electrons. The summed E-state index contributed by atoms with van der Waals surface area (Å²) in [4.78, 5) is 17.6. The fourth-order valence-corrected chi connectivity index (χ4v) is 4.71. The third-order valence-electron chi connectivity index (χ3n) is 5.73. The van der Waals surface area contributed by atoms with Crippen LogP contribution in [0.3, 0.4) is 0 Å². The number of hydrazone groups is 1. The van der Waals surface area contributed by atoms with Gasteiger partial charge in [-0.2, -0.15) is 18.3 Å². The summed E-state index contributed by atoms with van der Waals surface area (Å²) in [6, 6.07) is 7.83. The molecule has 3 rings (SSSR count). The van der Waals surface area contributed by atoms with Crippen LogP contribution in [-0.2, 0) is 13.0 Å². The first-order chi connectivity index (χ1) is 17.6. The predicted molar refractivity (Wildman–Crippen MR) is 136 cm³/mol. The van der Waals surface area contributed by atoms with Gasteiger partial charge in [-0.25, -0.2) is 15.1 Å². The monoisotopic (exact) mass is 541 g/mol. The molecule has 0 saturated carbocycles. The summed E-state index contributed by atoms with van der Waals surface area (Å²) in [6.07, 6.45) is -4.43. The van der Waals surface area contributed by atoms with Crippen molar-refractivity contribution in [1.82, 2.24) is 14.3 Å². The molecule has 0 fully saturated rings. The first-order valence-electron chi connectivity index (χ1n) is 11.4. The molecule has 0 bridgehead atoms. The molecule has 1 atom stereocenters. The van der Waals surface area contributed by atoms with Gasteiger partial charge < -0.3 is 21.0 Å². The second kappa shape index (κ2) is 12.4. The molecule has 10 nitrogen and oxygen atoms in total. The minimum atomic E-state index is -4.19. The largest absolute Gasteiger partial charge is 0.496 e. The van der Waals surface area contributed by atoms with E-state index in [2.05, 4.69) is 15.4 Å². The number of aliphatic hydroxyl groups is 1. The van der Waals surface area contributed by atoms with Crippen molar-refractivity contribution in [2.24, 2.45) is 16.8 Å². The van der Waals surface area contributed by atoms with Gasteiger partial charge in [0.05, 0.1) is 31.7 Å². The van der Waals surface area contributed by atoms with E-state index in [0.717, 1.165) is 23.1 Å². The number of hydrazine groups is 1. The van der Waals surface area contributed by atoms with E-state index in [1.807, 2.05) is 4.31 Å². The van der Waals surface area contributed by atoms with Gasteiger partial charge in [-0.15, -0.1) is 0 Å². The Kier molecular flexibility index (Phi) is 9.59. The number of methoxy groups -OCH3 is 1. The summed E-state index contributed by atoms with van der Waals surface area (Å²) in [5.41, 5.74) is 2.36. The number of nitrogens with zero attached hydrogens (tertiary/aromatic N) is 4. The van der Waals surface area contributed by atoms with Crippen molar-refractivity contribution >= 4 is 29.5 Å². The van der Waals surface area contributed by atoms with Crippen LogP contribution in [0.1, 0.15) is 40.5 Å². The number of anilines is 1. The number of amides is 1. The van der Waals surface area contributed by atoms with Gasteiger partial charge in [0, 0.05) is 18.8 Å². The zero-order valence-corrected chi connectivity index (χ0v) is 21.3. The van der Waals surface area contributed by atoms with Crippen LogP contribution in [0, 0.1) is 0 Å². The third-order valence-corrected chi connectivity index (χ3v) is 6.79. The third kappa shape index (κ3) is 7.47. The molecule has 14 heteroatoms. The molecule has 2 heterocycles. The highest BCUT2D eigenvalue weighted by atomic mass is 32.2. The molecule has 0 spiro atoms. The Hall–Kier alpha value is -3.07. The molecule has 1 unspecified atom stereocenters. The maximum Gasteiger partial charge on any atom is 0.389 e. The highest BCUT2D eigenvalue weighted by Crippen LogP contribution is 2.32. The molecule has 0 aliphatic carbocycles. The van der Waals surface area contributed by atoms with Crippen LogP contribution in [0.5, 0.6) is 5.75 Å². The Morgan fingerprint density at radius 3 is 2.78 bits per heavy atom. The highest BCUT2D eigenvalue weighted by Gasteiger charge is 2.28. The van der Waals surface area contributed by atoms with Crippen LogP contribution in [0.25, 0.3) is 0 Å². The van der Waals surface area contributed by atoms with Crippen LogP contribution < -0.4 is 21.7 Å². The van der Waals surface area contributed by atoms with E-state index in [1.54, 1.807) is 37.3 Å². The first kappa shape index (κ1) is 28.5. The molecule has 37 heavy (non-hydrogen) atoms. The lowest BCUT2D eigenvalue weighted by Crippen LogP contribution is -2.47. The van der Waals surface area contributed by atoms with E-state index in [9.17, 15) is 23.1 Å². The number of ether oxygens (including phenoxy) is 1. The second-order valence-corrected chi connectivity index (χ2v) is 9.57. The van der Waals surface area contributed by atoms with Gasteiger partial charge in [0.15, 0.2) is 5.84 Å². The standard InChI is InChI=1S/C23H30F3N7O3S/c1-14(13-34)33(28)21(31-27)18-4-3-5-20(29-18)30-22(35)17-10-16-12-32(37-9-7-23(24,25)26)8-6-15(16)11-19(17)36-2/h3-5,10-11,14,34H,6-9,12-13,27-28H2,1-2H3,(H,29,30,35)/b31-21-. The number of pyridine rings is 1. The number of carbonyl (C=O) groups excluding carboxylic acids is 1. The van der Waals surface area contributed by atoms with E-state index in [0.29, 0.717) is 25.3 Å². The number of nitrogens with one attached hydrogen (secondary N) is 1. The summed E-state index contributed by atoms with van der Waals surface area (Å²) in [5.74, 6) is 11.6. The van der Waals surface area contributed by atoms with E-state index in [1.165, 1.54) is 12.1 Å². The number of hydrogen-bond acceptors (Lipinski definition) is 9. The number of rotatable bonds is 9. The minimum absolute atomic E-state index is 0.0598. The van der Waals surface area contributed by atoms with Gasteiger partial charge in [0.1, 0.15) is 17.3 Å². The Labute approximate surface area is 216 Å². The lowest BCUT2D eigenvalue weighted by molar-refractivity contribution is -0.129. The van der Waals surface area contributed by atoms with Crippen molar-refractivity contribution < 1.29 is 27.8 Å². The van der Waals surface area contributed by atoms with Crippen molar-refractivity contribution in [2.75, 3.05) is 31.3 Å². The molecular weight excluding hydrogens is 511 g/mol. The Balaban J connectivity index is 1.77. The van der Waals surface area contributed by atoms with E-state index < -0.39 is 24.5 Å². The van der Waals surface area contributed by atoms with Gasteiger partial charge in [-0.3, -0.25) is 9.80 Å². The number of hydrogen-bond donors (Lipinski definition) is 4. The van der Waals surface area contributed by atoms with Crippen molar-refractivity contribution in [3.05, 3.63) is 52.7 Å². The summed E-state index contributed by atoms with van der Waals surface area (Å²) >= 11 is 1.15. The van der Waals surface area contributed by atoms with Crippen LogP contribution in [0.2, 0.25) is 0 Å². The molecule has 1 aromatic heterocycles. The van der Waals surface area contributed by atoms with Gasteiger partial charge in [0.2, 0.25) is 0 Å². The second-order valence-electron chi connectivity index (χ2n) is 8.39. The molecule has 6 N–H and O–H groups in total. The van der Waals surface area contributed by atoms with Gasteiger partial charge in [-0.05, 0) is 48.7 Å². The normalized spacial score (nSPS) is 15.2. The minimum Gasteiger partial charge on any atom is -0.496 e. The average Bonchev–Trinajstić information content (AvgIpc) is 2.87. The molecular formula is C23H30F3N7O3S. The topological polar surface area (TPSA) is 142 Å². The van der Waals surface area contributed by atoms with Gasteiger partial charge in [-0.1, -0.05) is 18.0 Å². The number of carbonyl (C=O) groups is 1. The van der Waals surface area contributed by atoms with Crippen molar-refractivity contribution in [2.45, 2.75) is 38.5 Å². The van der Waals surface area contributed by atoms with Crippen LogP contribution >= 0.6 is 11.9 Å². The number of aliphatic hydroxyl groups excluding tert-OH is 1. The van der Waals surface area contributed by atoms with Crippen LogP contribution in [0.15, 0.2) is 35.4 Å². The summed E-state index contributed by atoms with van der Waals surface area (Å²) < 4.78 is 44.8. The average molecular weight is 542 g/mol. The molecule has 0 radical (unpaired) electrons. The Bertz CT molecular complexity index is 1130. The summed E-state index contributed by atoms with van der Waals surface area (Å²) in [7, 11) is 1.46. The molecule has 0 saturated heterocycles. The number of fused-ring (bicyclic) bond motifs is 1. The Morgan fingerprint density at radius 1 is 1.38 bits per heavy atom. The van der Waals surface area contributed by atoms with Crippen LogP contribution in [-0.4, -0.2) is 69.4 Å². The van der Waals surface area contributed by atoms with Crippen molar-refractivity contribution in [3.8, 4) is 5.75 Å².